The summed E-state index contributed by atoms with van der Waals surface area (Å²) in [5.41, 5.74) is 2.84. The minimum atomic E-state index is 0.565. The van der Waals surface area contributed by atoms with Crippen molar-refractivity contribution in [2.75, 3.05) is 6.61 Å². The zero-order valence-corrected chi connectivity index (χ0v) is 14.5. The highest BCUT2D eigenvalue weighted by Gasteiger charge is 2.11. The number of hydrogen-bond acceptors (Lipinski definition) is 7. The van der Waals surface area contributed by atoms with Crippen molar-refractivity contribution in [1.82, 2.24) is 20.1 Å². The third kappa shape index (κ3) is 3.15. The molecule has 122 valence electrons. The molecule has 4 aromatic rings. The van der Waals surface area contributed by atoms with Crippen LogP contribution in [0.2, 0.25) is 0 Å². The Balaban J connectivity index is 1.46. The van der Waals surface area contributed by atoms with Crippen LogP contribution in [0.1, 0.15) is 12.8 Å². The predicted octanol–water partition coefficient (Wildman–Crippen LogP) is 4.37. The van der Waals surface area contributed by atoms with Crippen molar-refractivity contribution in [3.05, 3.63) is 40.9 Å². The molecule has 1 N–H and O–H groups in total. The molecule has 24 heavy (non-hydrogen) atoms. The summed E-state index contributed by atoms with van der Waals surface area (Å²) < 4.78 is 10.8. The summed E-state index contributed by atoms with van der Waals surface area (Å²) in [7, 11) is 0. The third-order valence-corrected chi connectivity index (χ3v) is 4.86. The Morgan fingerprint density at radius 1 is 1.29 bits per heavy atom. The van der Waals surface area contributed by atoms with E-state index in [0.29, 0.717) is 24.1 Å². The molecule has 6 nitrogen and oxygen atoms in total. The largest absolute Gasteiger partial charge is 0.494 e. The Bertz CT molecular complexity index is 946. The molecule has 0 radical (unpaired) electrons. The molecule has 0 aliphatic rings. The number of aromatic nitrogens is 4. The maximum absolute atomic E-state index is 5.50. The van der Waals surface area contributed by atoms with E-state index in [9.17, 15) is 0 Å². The number of H-pyrrole nitrogens is 1. The summed E-state index contributed by atoms with van der Waals surface area (Å²) in [5.74, 6) is 2.60. The lowest BCUT2D eigenvalue weighted by molar-refractivity contribution is 0.340. The maximum atomic E-state index is 5.50. The van der Waals surface area contributed by atoms with Gasteiger partial charge in [-0.05, 0) is 30.5 Å². The fourth-order valence-corrected chi connectivity index (χ4v) is 3.60. The number of aromatic amines is 1. The molecule has 0 aliphatic carbocycles. The van der Waals surface area contributed by atoms with Gasteiger partial charge in [0.15, 0.2) is 5.16 Å². The first-order valence-electron chi connectivity index (χ1n) is 7.42. The number of thioether (sulfide) groups is 1. The van der Waals surface area contributed by atoms with Gasteiger partial charge in [-0.2, -0.15) is 16.3 Å². The van der Waals surface area contributed by atoms with Crippen molar-refractivity contribution < 1.29 is 9.26 Å². The zero-order valence-electron chi connectivity index (χ0n) is 12.9. The second-order valence-corrected chi connectivity index (χ2v) is 6.71. The van der Waals surface area contributed by atoms with Gasteiger partial charge in [0.1, 0.15) is 5.75 Å². The van der Waals surface area contributed by atoms with Crippen molar-refractivity contribution in [2.45, 2.75) is 17.8 Å². The first-order valence-corrected chi connectivity index (χ1v) is 9.35. The Hall–Kier alpha value is -2.32. The van der Waals surface area contributed by atoms with Crippen LogP contribution in [0.15, 0.2) is 44.7 Å². The number of rotatable bonds is 6. The summed E-state index contributed by atoms with van der Waals surface area (Å²) in [5, 5.41) is 8.81. The van der Waals surface area contributed by atoms with Crippen LogP contribution in [0.5, 0.6) is 5.75 Å². The smallest absolute Gasteiger partial charge is 0.237 e. The number of fused-ring (bicyclic) bond motifs is 1. The minimum absolute atomic E-state index is 0.565. The SMILES string of the molecule is CCOc1ccc2nc(SCc3nc(-c4ccsc4)no3)[nH]c2c1. The number of imidazole rings is 1. The van der Waals surface area contributed by atoms with E-state index in [-0.39, 0.29) is 0 Å². The van der Waals surface area contributed by atoms with Gasteiger partial charge in [-0.15, -0.1) is 0 Å². The molecule has 1 aromatic carbocycles. The Kier molecular flexibility index (Phi) is 4.22. The molecule has 3 aromatic heterocycles. The summed E-state index contributed by atoms with van der Waals surface area (Å²) in [6.45, 7) is 2.61. The van der Waals surface area contributed by atoms with Crippen LogP contribution in [0.25, 0.3) is 22.4 Å². The number of nitrogens with one attached hydrogen (secondary N) is 1. The fraction of sp³-hybridized carbons (Fsp3) is 0.188. The van der Waals surface area contributed by atoms with Gasteiger partial charge in [-0.1, -0.05) is 16.9 Å². The molecule has 0 aliphatic heterocycles. The lowest BCUT2D eigenvalue weighted by Crippen LogP contribution is -1.90. The quantitative estimate of drug-likeness (QED) is 0.516. The second kappa shape index (κ2) is 6.66. The lowest BCUT2D eigenvalue weighted by Gasteiger charge is -2.00. The second-order valence-electron chi connectivity index (χ2n) is 4.97. The van der Waals surface area contributed by atoms with Gasteiger partial charge in [-0.3, -0.25) is 0 Å². The molecule has 8 heteroatoms. The third-order valence-electron chi connectivity index (χ3n) is 3.32. The number of ether oxygens (including phenoxy) is 1. The zero-order chi connectivity index (χ0) is 16.4. The van der Waals surface area contributed by atoms with E-state index in [4.69, 9.17) is 9.26 Å². The van der Waals surface area contributed by atoms with Crippen LogP contribution >= 0.6 is 23.1 Å². The topological polar surface area (TPSA) is 76.8 Å². The monoisotopic (exact) mass is 358 g/mol. The number of nitrogens with zero attached hydrogens (tertiary/aromatic N) is 3. The van der Waals surface area contributed by atoms with Gasteiger partial charge in [0.2, 0.25) is 11.7 Å². The molecular weight excluding hydrogens is 344 g/mol. The first-order chi connectivity index (χ1) is 11.8. The molecule has 0 bridgehead atoms. The number of hydrogen-bond donors (Lipinski definition) is 1. The molecular formula is C16H14N4O2S2. The van der Waals surface area contributed by atoms with E-state index >= 15 is 0 Å². The van der Waals surface area contributed by atoms with Crippen molar-refractivity contribution in [3.8, 4) is 17.1 Å². The molecule has 3 heterocycles. The molecule has 0 fully saturated rings. The standard InChI is InChI=1S/C16H14N4O2S2/c1-2-21-11-3-4-12-13(7-11)18-16(17-12)24-9-14-19-15(20-22-14)10-5-6-23-8-10/h3-8H,2,9H2,1H3,(H,17,18). The van der Waals surface area contributed by atoms with Crippen molar-refractivity contribution in [1.29, 1.82) is 0 Å². The van der Waals surface area contributed by atoms with Gasteiger partial charge in [0.25, 0.3) is 0 Å². The Labute approximate surface area is 146 Å². The van der Waals surface area contributed by atoms with E-state index in [0.717, 1.165) is 27.5 Å². The van der Waals surface area contributed by atoms with Gasteiger partial charge < -0.3 is 14.2 Å². The van der Waals surface area contributed by atoms with Gasteiger partial charge >= 0.3 is 0 Å². The Morgan fingerprint density at radius 3 is 3.08 bits per heavy atom. The van der Waals surface area contributed by atoms with Gasteiger partial charge in [0, 0.05) is 17.0 Å². The van der Waals surface area contributed by atoms with Crippen LogP contribution in [-0.4, -0.2) is 26.7 Å². The van der Waals surface area contributed by atoms with E-state index < -0.39 is 0 Å². The molecule has 0 amide bonds. The van der Waals surface area contributed by atoms with Crippen molar-refractivity contribution in [3.63, 3.8) is 0 Å². The van der Waals surface area contributed by atoms with Crippen LogP contribution in [0, 0.1) is 0 Å². The summed E-state index contributed by atoms with van der Waals surface area (Å²) in [4.78, 5) is 12.2. The minimum Gasteiger partial charge on any atom is -0.494 e. The highest BCUT2D eigenvalue weighted by atomic mass is 32.2. The maximum Gasteiger partial charge on any atom is 0.237 e. The summed E-state index contributed by atoms with van der Waals surface area (Å²) in [6, 6.07) is 7.80. The predicted molar refractivity (Wildman–Crippen MR) is 94.4 cm³/mol. The molecule has 0 saturated carbocycles. The van der Waals surface area contributed by atoms with Crippen LogP contribution in [0.3, 0.4) is 0 Å². The normalized spacial score (nSPS) is 11.2. The molecule has 4 rings (SSSR count). The first kappa shape index (κ1) is 15.2. The molecule has 0 saturated heterocycles. The highest BCUT2D eigenvalue weighted by molar-refractivity contribution is 7.98. The van der Waals surface area contributed by atoms with Gasteiger partial charge in [0.05, 0.1) is 23.4 Å². The van der Waals surface area contributed by atoms with E-state index in [1.807, 2.05) is 41.9 Å². The number of thiophene rings is 1. The van der Waals surface area contributed by atoms with Crippen LogP contribution < -0.4 is 4.74 Å². The van der Waals surface area contributed by atoms with Crippen LogP contribution in [-0.2, 0) is 5.75 Å². The summed E-state index contributed by atoms with van der Waals surface area (Å²) >= 11 is 3.14. The van der Waals surface area contributed by atoms with Crippen LogP contribution in [0.4, 0.5) is 0 Å². The lowest BCUT2D eigenvalue weighted by atomic mass is 10.3. The Morgan fingerprint density at radius 2 is 2.25 bits per heavy atom. The average Bonchev–Trinajstić information content (AvgIpc) is 3.32. The summed E-state index contributed by atoms with van der Waals surface area (Å²) in [6.07, 6.45) is 0. The van der Waals surface area contributed by atoms with Crippen molar-refractivity contribution >= 4 is 34.1 Å². The van der Waals surface area contributed by atoms with E-state index in [1.165, 1.54) is 11.8 Å². The average molecular weight is 358 g/mol. The van der Waals surface area contributed by atoms with E-state index in [1.54, 1.807) is 11.3 Å². The molecule has 0 atom stereocenters. The molecule has 0 unspecified atom stereocenters. The highest BCUT2D eigenvalue weighted by Crippen LogP contribution is 2.26. The molecule has 0 spiro atoms. The van der Waals surface area contributed by atoms with Gasteiger partial charge in [-0.25, -0.2) is 4.98 Å². The number of benzene rings is 1. The van der Waals surface area contributed by atoms with Crippen molar-refractivity contribution in [2.24, 2.45) is 0 Å². The fourth-order valence-electron chi connectivity index (χ4n) is 2.24. The van der Waals surface area contributed by atoms with E-state index in [2.05, 4.69) is 20.1 Å².